The second kappa shape index (κ2) is 5.63. The third-order valence-electron chi connectivity index (χ3n) is 2.96. The van der Waals surface area contributed by atoms with E-state index in [0.717, 1.165) is 19.6 Å². The van der Waals surface area contributed by atoms with E-state index >= 15 is 0 Å². The van der Waals surface area contributed by atoms with Crippen LogP contribution < -0.4 is 11.1 Å². The van der Waals surface area contributed by atoms with Gasteiger partial charge in [0.1, 0.15) is 5.82 Å². The quantitative estimate of drug-likeness (QED) is 0.795. The Morgan fingerprint density at radius 2 is 2.24 bits per heavy atom. The number of aromatic nitrogens is 1. The van der Waals surface area contributed by atoms with Gasteiger partial charge in [-0.2, -0.15) is 0 Å². The van der Waals surface area contributed by atoms with E-state index in [-0.39, 0.29) is 5.91 Å². The highest BCUT2D eigenvalue weighted by atomic mass is 16.1. The Kier molecular flexibility index (Phi) is 3.93. The highest BCUT2D eigenvalue weighted by Gasteiger charge is 2.11. The molecule has 92 valence electrons. The van der Waals surface area contributed by atoms with Gasteiger partial charge in [-0.15, -0.1) is 0 Å². The summed E-state index contributed by atoms with van der Waals surface area (Å²) in [6, 6.07) is 3.26. The molecular formula is C12H18N4O. The minimum atomic E-state index is -0.0849. The van der Waals surface area contributed by atoms with Gasteiger partial charge in [0, 0.05) is 24.8 Å². The zero-order valence-electron chi connectivity index (χ0n) is 9.85. The Bertz CT molecular complexity index is 388. The van der Waals surface area contributed by atoms with Crippen LogP contribution in [0, 0.1) is 0 Å². The fourth-order valence-corrected chi connectivity index (χ4v) is 2.03. The largest absolute Gasteiger partial charge is 0.384 e. The number of nitrogens with zero attached hydrogens (tertiary/aromatic N) is 2. The molecule has 0 bridgehead atoms. The molecule has 2 rings (SSSR count). The molecule has 0 unspecified atom stereocenters. The van der Waals surface area contributed by atoms with E-state index in [1.807, 2.05) is 0 Å². The molecule has 0 aliphatic carbocycles. The molecule has 2 heterocycles. The Hall–Kier alpha value is -1.62. The van der Waals surface area contributed by atoms with Gasteiger partial charge in [-0.3, -0.25) is 4.79 Å². The molecule has 1 amide bonds. The Labute approximate surface area is 101 Å². The lowest BCUT2D eigenvalue weighted by molar-refractivity contribution is 0.0949. The van der Waals surface area contributed by atoms with Crippen molar-refractivity contribution >= 4 is 11.7 Å². The van der Waals surface area contributed by atoms with Crippen molar-refractivity contribution in [1.82, 2.24) is 15.2 Å². The Morgan fingerprint density at radius 1 is 1.47 bits per heavy atom. The molecule has 0 radical (unpaired) electrons. The molecule has 0 saturated carbocycles. The number of nitrogens with one attached hydrogen (secondary N) is 1. The number of hydrogen-bond donors (Lipinski definition) is 2. The lowest BCUT2D eigenvalue weighted by Crippen LogP contribution is -2.33. The summed E-state index contributed by atoms with van der Waals surface area (Å²) in [5.74, 6) is 0.287. The van der Waals surface area contributed by atoms with Gasteiger partial charge in [0.15, 0.2) is 0 Å². The van der Waals surface area contributed by atoms with E-state index in [1.165, 1.54) is 12.8 Å². The van der Waals surface area contributed by atoms with Crippen LogP contribution in [0.3, 0.4) is 0 Å². The first-order valence-corrected chi connectivity index (χ1v) is 5.98. The maximum Gasteiger partial charge on any atom is 0.251 e. The van der Waals surface area contributed by atoms with Crippen LogP contribution in [0.25, 0.3) is 0 Å². The van der Waals surface area contributed by atoms with E-state index in [2.05, 4.69) is 15.2 Å². The van der Waals surface area contributed by atoms with Crippen LogP contribution in [0.5, 0.6) is 0 Å². The SMILES string of the molecule is Nc1cc(C(=O)NCCN2CCCC2)ccn1. The molecule has 5 nitrogen and oxygen atoms in total. The van der Waals surface area contributed by atoms with E-state index < -0.39 is 0 Å². The number of rotatable bonds is 4. The maximum absolute atomic E-state index is 11.8. The predicted octanol–water partition coefficient (Wildman–Crippen LogP) is 0.489. The summed E-state index contributed by atoms with van der Waals surface area (Å²) in [7, 11) is 0. The smallest absolute Gasteiger partial charge is 0.251 e. The summed E-state index contributed by atoms with van der Waals surface area (Å²) < 4.78 is 0. The molecule has 1 aromatic rings. The Morgan fingerprint density at radius 3 is 2.94 bits per heavy atom. The second-order valence-corrected chi connectivity index (χ2v) is 4.27. The van der Waals surface area contributed by atoms with Gasteiger partial charge in [-0.05, 0) is 38.1 Å². The highest BCUT2D eigenvalue weighted by molar-refractivity contribution is 5.94. The molecule has 17 heavy (non-hydrogen) atoms. The fourth-order valence-electron chi connectivity index (χ4n) is 2.03. The zero-order chi connectivity index (χ0) is 12.1. The lowest BCUT2D eigenvalue weighted by atomic mass is 10.2. The van der Waals surface area contributed by atoms with Gasteiger partial charge in [-0.1, -0.05) is 0 Å². The number of carbonyl (C=O) groups excluding carboxylic acids is 1. The average molecular weight is 234 g/mol. The standard InChI is InChI=1S/C12H18N4O/c13-11-9-10(3-4-14-11)12(17)15-5-8-16-6-1-2-7-16/h3-4,9H,1-2,5-8H2,(H2,13,14)(H,15,17). The molecule has 0 spiro atoms. The topological polar surface area (TPSA) is 71.2 Å². The summed E-state index contributed by atoms with van der Waals surface area (Å²) in [6.07, 6.45) is 4.09. The first kappa shape index (κ1) is 11.9. The minimum absolute atomic E-state index is 0.0849. The van der Waals surface area contributed by atoms with Crippen molar-refractivity contribution in [2.24, 2.45) is 0 Å². The summed E-state index contributed by atoms with van der Waals surface area (Å²) in [6.45, 7) is 3.91. The highest BCUT2D eigenvalue weighted by Crippen LogP contribution is 2.06. The summed E-state index contributed by atoms with van der Waals surface area (Å²) in [5, 5.41) is 2.89. The second-order valence-electron chi connectivity index (χ2n) is 4.27. The molecule has 1 aliphatic rings. The number of hydrogen-bond acceptors (Lipinski definition) is 4. The molecule has 1 saturated heterocycles. The predicted molar refractivity (Wildman–Crippen MR) is 66.7 cm³/mol. The molecule has 0 aromatic carbocycles. The van der Waals surface area contributed by atoms with Crippen molar-refractivity contribution in [3.05, 3.63) is 23.9 Å². The van der Waals surface area contributed by atoms with E-state index in [1.54, 1.807) is 18.3 Å². The average Bonchev–Trinajstić information content (AvgIpc) is 2.82. The summed E-state index contributed by atoms with van der Waals surface area (Å²) in [4.78, 5) is 18.0. The van der Waals surface area contributed by atoms with Crippen LogP contribution in [0.2, 0.25) is 0 Å². The number of nitrogen functional groups attached to an aromatic ring is 1. The third-order valence-corrected chi connectivity index (χ3v) is 2.96. The van der Waals surface area contributed by atoms with E-state index in [0.29, 0.717) is 17.9 Å². The van der Waals surface area contributed by atoms with Crippen molar-refractivity contribution in [3.63, 3.8) is 0 Å². The minimum Gasteiger partial charge on any atom is -0.384 e. The Balaban J connectivity index is 1.77. The summed E-state index contributed by atoms with van der Waals surface area (Å²) >= 11 is 0. The van der Waals surface area contributed by atoms with Crippen LogP contribution in [0.4, 0.5) is 5.82 Å². The lowest BCUT2D eigenvalue weighted by Gasteiger charge is -2.14. The van der Waals surface area contributed by atoms with E-state index in [9.17, 15) is 4.79 Å². The van der Waals surface area contributed by atoms with Crippen molar-refractivity contribution < 1.29 is 4.79 Å². The van der Waals surface area contributed by atoms with Gasteiger partial charge in [0.2, 0.25) is 0 Å². The number of likely N-dealkylation sites (tertiary alicyclic amines) is 1. The molecule has 5 heteroatoms. The summed E-state index contributed by atoms with van der Waals surface area (Å²) in [5.41, 5.74) is 6.09. The zero-order valence-corrected chi connectivity index (χ0v) is 9.85. The van der Waals surface area contributed by atoms with Crippen molar-refractivity contribution in [2.45, 2.75) is 12.8 Å². The first-order valence-electron chi connectivity index (χ1n) is 5.98. The van der Waals surface area contributed by atoms with Crippen LogP contribution in [0.1, 0.15) is 23.2 Å². The molecule has 0 atom stereocenters. The van der Waals surface area contributed by atoms with Gasteiger partial charge in [0.25, 0.3) is 5.91 Å². The number of nitrogens with two attached hydrogens (primary N) is 1. The third kappa shape index (κ3) is 3.42. The normalized spacial score (nSPS) is 16.0. The van der Waals surface area contributed by atoms with Crippen molar-refractivity contribution in [1.29, 1.82) is 0 Å². The number of pyridine rings is 1. The molecule has 1 fully saturated rings. The molecule has 1 aliphatic heterocycles. The monoisotopic (exact) mass is 234 g/mol. The fraction of sp³-hybridized carbons (Fsp3) is 0.500. The first-order chi connectivity index (χ1) is 8.25. The van der Waals surface area contributed by atoms with Gasteiger partial charge in [0.05, 0.1) is 0 Å². The van der Waals surface area contributed by atoms with E-state index in [4.69, 9.17) is 5.73 Å². The maximum atomic E-state index is 11.8. The molecule has 1 aromatic heterocycles. The van der Waals surface area contributed by atoms with Crippen LogP contribution in [0.15, 0.2) is 18.3 Å². The van der Waals surface area contributed by atoms with Crippen molar-refractivity contribution in [3.8, 4) is 0 Å². The molecule has 3 N–H and O–H groups in total. The number of anilines is 1. The molecular weight excluding hydrogens is 216 g/mol. The van der Waals surface area contributed by atoms with Crippen LogP contribution >= 0.6 is 0 Å². The van der Waals surface area contributed by atoms with Gasteiger partial charge in [-0.25, -0.2) is 4.98 Å². The van der Waals surface area contributed by atoms with Crippen molar-refractivity contribution in [2.75, 3.05) is 31.9 Å². The van der Waals surface area contributed by atoms with Crippen LogP contribution in [-0.2, 0) is 0 Å². The number of amides is 1. The number of carbonyl (C=O) groups is 1. The van der Waals surface area contributed by atoms with Crippen LogP contribution in [-0.4, -0.2) is 42.0 Å². The van der Waals surface area contributed by atoms with Gasteiger partial charge < -0.3 is 16.0 Å². The van der Waals surface area contributed by atoms with Gasteiger partial charge >= 0.3 is 0 Å².